The van der Waals surface area contributed by atoms with Gasteiger partial charge in [-0.05, 0) is 0 Å². The number of carbonyl (C=O) groups excluding carboxylic acids is 1. The summed E-state index contributed by atoms with van der Waals surface area (Å²) in [6.07, 6.45) is 0.470. The van der Waals surface area contributed by atoms with Gasteiger partial charge >= 0.3 is 0 Å². The molecule has 0 radical (unpaired) electrons. The molecule has 0 aromatic rings. The molecule has 1 amide bonds. The van der Waals surface area contributed by atoms with Crippen LogP contribution >= 0.6 is 0 Å². The first-order valence-corrected chi connectivity index (χ1v) is 5.03. The number of aliphatic hydroxyl groups is 1. The minimum Gasteiger partial charge on any atom is -0.394 e. The lowest BCUT2D eigenvalue weighted by molar-refractivity contribution is -0.158. The van der Waals surface area contributed by atoms with Crippen LogP contribution in [0.2, 0.25) is 0 Å². The Morgan fingerprint density at radius 1 is 1.50 bits per heavy atom. The maximum absolute atomic E-state index is 11.5. The molecule has 0 saturated carbocycles. The third kappa shape index (κ3) is 2.94. The summed E-state index contributed by atoms with van der Waals surface area (Å²) >= 11 is 0. The zero-order chi connectivity index (χ0) is 10.4. The van der Waals surface area contributed by atoms with Crippen LogP contribution in [-0.2, 0) is 9.53 Å². The molecule has 0 spiro atoms. The summed E-state index contributed by atoms with van der Waals surface area (Å²) in [5.74, 6) is 0.0564. The summed E-state index contributed by atoms with van der Waals surface area (Å²) in [7, 11) is 0. The predicted molar refractivity (Wildman–Crippen MR) is 51.5 cm³/mol. The quantitative estimate of drug-likeness (QED) is 0.665. The van der Waals surface area contributed by atoms with Crippen molar-refractivity contribution in [3.63, 3.8) is 0 Å². The number of rotatable bonds is 4. The van der Waals surface area contributed by atoms with Crippen molar-refractivity contribution in [1.29, 1.82) is 0 Å². The number of hydrogen-bond acceptors (Lipinski definition) is 4. The van der Waals surface area contributed by atoms with E-state index in [4.69, 9.17) is 9.84 Å². The highest BCUT2D eigenvalue weighted by Crippen LogP contribution is 2.04. The summed E-state index contributed by atoms with van der Waals surface area (Å²) in [6, 6.07) is 0. The summed E-state index contributed by atoms with van der Waals surface area (Å²) < 4.78 is 5.20. The first kappa shape index (κ1) is 11.4. The molecule has 0 atom stereocenters. The van der Waals surface area contributed by atoms with Gasteiger partial charge in [-0.1, -0.05) is 6.92 Å². The van der Waals surface area contributed by atoms with Gasteiger partial charge in [0.25, 0.3) is 0 Å². The van der Waals surface area contributed by atoms with E-state index < -0.39 is 0 Å². The predicted octanol–water partition coefficient (Wildman–Crippen LogP) is -0.536. The van der Waals surface area contributed by atoms with Crippen molar-refractivity contribution >= 4 is 5.91 Å². The summed E-state index contributed by atoms with van der Waals surface area (Å²) in [5.41, 5.74) is 0. The van der Waals surface area contributed by atoms with E-state index in [9.17, 15) is 4.79 Å². The van der Waals surface area contributed by atoms with Gasteiger partial charge in [-0.25, -0.2) is 5.01 Å². The van der Waals surface area contributed by atoms with E-state index in [1.165, 1.54) is 0 Å². The van der Waals surface area contributed by atoms with Gasteiger partial charge in [-0.3, -0.25) is 9.80 Å². The minimum absolute atomic E-state index is 0.00307. The highest BCUT2D eigenvalue weighted by Gasteiger charge is 2.21. The van der Waals surface area contributed by atoms with Gasteiger partial charge in [0.15, 0.2) is 0 Å². The third-order valence-electron chi connectivity index (χ3n) is 2.23. The fourth-order valence-electron chi connectivity index (χ4n) is 1.50. The number of aliphatic hydroxyl groups excluding tert-OH is 1. The third-order valence-corrected chi connectivity index (χ3v) is 2.23. The minimum atomic E-state index is 0.00307. The molecule has 1 aliphatic heterocycles. The van der Waals surface area contributed by atoms with Crippen LogP contribution < -0.4 is 0 Å². The Bertz CT molecular complexity index is 181. The van der Waals surface area contributed by atoms with E-state index in [1.807, 2.05) is 11.9 Å². The highest BCUT2D eigenvalue weighted by molar-refractivity contribution is 5.75. The standard InChI is InChI=1S/C9H18N2O3/c1-2-9(13)11(3-6-12)10-4-7-14-8-5-10/h12H,2-8H2,1H3. The van der Waals surface area contributed by atoms with Crippen molar-refractivity contribution in [3.8, 4) is 0 Å². The molecule has 0 unspecified atom stereocenters. The van der Waals surface area contributed by atoms with Gasteiger partial charge in [-0.2, -0.15) is 0 Å². The first-order valence-electron chi connectivity index (χ1n) is 5.03. The molecule has 14 heavy (non-hydrogen) atoms. The van der Waals surface area contributed by atoms with Crippen LogP contribution in [-0.4, -0.2) is 60.5 Å². The number of carbonyl (C=O) groups is 1. The number of morpholine rings is 1. The van der Waals surface area contributed by atoms with Crippen LogP contribution in [0.1, 0.15) is 13.3 Å². The van der Waals surface area contributed by atoms with Gasteiger partial charge < -0.3 is 9.84 Å². The fraction of sp³-hybridized carbons (Fsp3) is 0.889. The lowest BCUT2D eigenvalue weighted by Crippen LogP contribution is -2.52. The van der Waals surface area contributed by atoms with Crippen molar-refractivity contribution < 1.29 is 14.6 Å². The molecule has 0 aromatic carbocycles. The van der Waals surface area contributed by atoms with Crippen molar-refractivity contribution in [3.05, 3.63) is 0 Å². The average molecular weight is 202 g/mol. The molecular formula is C9H18N2O3. The van der Waals surface area contributed by atoms with Gasteiger partial charge in [0.05, 0.1) is 26.4 Å². The van der Waals surface area contributed by atoms with E-state index in [0.29, 0.717) is 26.2 Å². The Kier molecular flexibility index (Phi) is 4.86. The molecule has 0 bridgehead atoms. The normalized spacial score (nSPS) is 18.1. The maximum Gasteiger partial charge on any atom is 0.236 e. The Morgan fingerprint density at radius 3 is 2.64 bits per heavy atom. The van der Waals surface area contributed by atoms with Gasteiger partial charge in [0.2, 0.25) is 5.91 Å². The van der Waals surface area contributed by atoms with E-state index in [0.717, 1.165) is 13.1 Å². The molecule has 0 aromatic heterocycles. The number of hydrazine groups is 1. The monoisotopic (exact) mass is 202 g/mol. The molecule has 1 fully saturated rings. The topological polar surface area (TPSA) is 53.0 Å². The second kappa shape index (κ2) is 5.95. The van der Waals surface area contributed by atoms with Crippen LogP contribution in [0.4, 0.5) is 0 Å². The first-order chi connectivity index (χ1) is 6.79. The van der Waals surface area contributed by atoms with Gasteiger partial charge in [-0.15, -0.1) is 0 Å². The molecule has 1 heterocycles. The summed E-state index contributed by atoms with van der Waals surface area (Å²) in [4.78, 5) is 11.5. The van der Waals surface area contributed by atoms with Crippen LogP contribution in [0, 0.1) is 0 Å². The van der Waals surface area contributed by atoms with Gasteiger partial charge in [0, 0.05) is 19.5 Å². The molecule has 5 nitrogen and oxygen atoms in total. The molecule has 1 saturated heterocycles. The van der Waals surface area contributed by atoms with E-state index in [1.54, 1.807) is 5.01 Å². The lowest BCUT2D eigenvalue weighted by atomic mass is 10.4. The summed E-state index contributed by atoms with van der Waals surface area (Å²) in [5, 5.41) is 12.4. The number of hydrogen-bond donors (Lipinski definition) is 1. The van der Waals surface area contributed by atoms with E-state index in [2.05, 4.69) is 0 Å². The zero-order valence-corrected chi connectivity index (χ0v) is 8.61. The molecule has 82 valence electrons. The molecule has 1 N–H and O–H groups in total. The maximum atomic E-state index is 11.5. The van der Waals surface area contributed by atoms with Crippen molar-refractivity contribution in [1.82, 2.24) is 10.0 Å². The van der Waals surface area contributed by atoms with E-state index >= 15 is 0 Å². The second-order valence-electron chi connectivity index (χ2n) is 3.16. The van der Waals surface area contributed by atoms with Crippen molar-refractivity contribution in [2.45, 2.75) is 13.3 Å². The fourth-order valence-corrected chi connectivity index (χ4v) is 1.50. The SMILES string of the molecule is CCC(=O)N(CCO)N1CCOCC1. The highest BCUT2D eigenvalue weighted by atomic mass is 16.5. The lowest BCUT2D eigenvalue weighted by Gasteiger charge is -2.36. The molecule has 5 heteroatoms. The largest absolute Gasteiger partial charge is 0.394 e. The number of nitrogens with zero attached hydrogens (tertiary/aromatic N) is 2. The smallest absolute Gasteiger partial charge is 0.236 e. The Hall–Kier alpha value is -0.650. The second-order valence-corrected chi connectivity index (χ2v) is 3.16. The number of ether oxygens (including phenoxy) is 1. The molecular weight excluding hydrogens is 184 g/mol. The average Bonchev–Trinajstić information content (AvgIpc) is 2.26. The van der Waals surface area contributed by atoms with Crippen LogP contribution in [0.15, 0.2) is 0 Å². The summed E-state index contributed by atoms with van der Waals surface area (Å²) in [6.45, 7) is 4.97. The number of amides is 1. The van der Waals surface area contributed by atoms with Crippen molar-refractivity contribution in [2.75, 3.05) is 39.5 Å². The zero-order valence-electron chi connectivity index (χ0n) is 8.61. The molecule has 0 aliphatic carbocycles. The molecule has 1 rings (SSSR count). The Morgan fingerprint density at radius 2 is 2.14 bits per heavy atom. The molecule has 1 aliphatic rings. The Balaban J connectivity index is 2.50. The Labute approximate surface area is 84.2 Å². The van der Waals surface area contributed by atoms with Crippen LogP contribution in [0.5, 0.6) is 0 Å². The van der Waals surface area contributed by atoms with Gasteiger partial charge in [0.1, 0.15) is 0 Å². The van der Waals surface area contributed by atoms with Crippen LogP contribution in [0.25, 0.3) is 0 Å². The van der Waals surface area contributed by atoms with Crippen LogP contribution in [0.3, 0.4) is 0 Å². The van der Waals surface area contributed by atoms with E-state index in [-0.39, 0.29) is 12.5 Å². The van der Waals surface area contributed by atoms with Crippen molar-refractivity contribution in [2.24, 2.45) is 0 Å².